The fourth-order valence-corrected chi connectivity index (χ4v) is 2.44. The lowest BCUT2D eigenvalue weighted by atomic mass is 10.2. The number of methoxy groups -OCH3 is 1. The molecule has 0 fully saturated rings. The lowest BCUT2D eigenvalue weighted by molar-refractivity contribution is -0.123. The minimum Gasteiger partial charge on any atom is -0.493 e. The average Bonchev–Trinajstić information content (AvgIpc) is 3.08. The van der Waals surface area contributed by atoms with Gasteiger partial charge in [-0.15, -0.1) is 0 Å². The molecule has 0 spiro atoms. The molecule has 134 valence electrons. The van der Waals surface area contributed by atoms with Crippen molar-refractivity contribution in [1.29, 1.82) is 0 Å². The number of carbonyl (C=O) groups excluding carboxylic acids is 1. The summed E-state index contributed by atoms with van der Waals surface area (Å²) in [4.78, 5) is 15.8. The van der Waals surface area contributed by atoms with Crippen LogP contribution in [0.1, 0.15) is 12.5 Å². The summed E-state index contributed by atoms with van der Waals surface area (Å²) in [6.45, 7) is 2.37. The van der Waals surface area contributed by atoms with E-state index in [1.165, 1.54) is 0 Å². The van der Waals surface area contributed by atoms with Crippen molar-refractivity contribution in [3.05, 3.63) is 54.4 Å². The van der Waals surface area contributed by atoms with Gasteiger partial charge in [-0.2, -0.15) is 5.10 Å². The van der Waals surface area contributed by atoms with E-state index in [0.717, 1.165) is 16.6 Å². The molecule has 0 saturated heterocycles. The Kier molecular flexibility index (Phi) is 5.48. The minimum absolute atomic E-state index is 0.0569. The third kappa shape index (κ3) is 4.00. The second-order valence-corrected chi connectivity index (χ2v) is 5.47. The number of rotatable bonds is 7. The lowest BCUT2D eigenvalue weighted by Gasteiger charge is -2.11. The van der Waals surface area contributed by atoms with Crippen molar-refractivity contribution in [3.63, 3.8) is 0 Å². The van der Waals surface area contributed by atoms with Crippen LogP contribution in [0.5, 0.6) is 11.5 Å². The molecule has 0 bridgehead atoms. The summed E-state index contributed by atoms with van der Waals surface area (Å²) in [6.07, 6.45) is 3.38. The van der Waals surface area contributed by atoms with Gasteiger partial charge in [0.25, 0.3) is 5.91 Å². The molecular formula is C19H20N4O3. The van der Waals surface area contributed by atoms with Gasteiger partial charge in [-0.05, 0) is 42.8 Å². The van der Waals surface area contributed by atoms with Crippen molar-refractivity contribution in [2.45, 2.75) is 6.92 Å². The SMILES string of the molecule is CCNC(=O)COc1ccc(/C=N\n2cnc3ccccc32)cc1OC. The average molecular weight is 352 g/mol. The molecule has 1 N–H and O–H groups in total. The summed E-state index contributed by atoms with van der Waals surface area (Å²) in [7, 11) is 1.55. The number of nitrogens with zero attached hydrogens (tertiary/aromatic N) is 3. The van der Waals surface area contributed by atoms with Gasteiger partial charge in [0.2, 0.25) is 0 Å². The first-order valence-corrected chi connectivity index (χ1v) is 8.25. The van der Waals surface area contributed by atoms with E-state index in [1.54, 1.807) is 36.5 Å². The smallest absolute Gasteiger partial charge is 0.257 e. The van der Waals surface area contributed by atoms with Crippen LogP contribution in [0, 0.1) is 0 Å². The van der Waals surface area contributed by atoms with Crippen LogP contribution < -0.4 is 14.8 Å². The van der Waals surface area contributed by atoms with Crippen molar-refractivity contribution >= 4 is 23.2 Å². The second kappa shape index (κ2) is 8.15. The van der Waals surface area contributed by atoms with Gasteiger partial charge >= 0.3 is 0 Å². The summed E-state index contributed by atoms with van der Waals surface area (Å²) in [5.74, 6) is 0.866. The van der Waals surface area contributed by atoms with E-state index in [4.69, 9.17) is 9.47 Å². The molecule has 3 aromatic rings. The number of para-hydroxylation sites is 2. The van der Waals surface area contributed by atoms with Gasteiger partial charge in [0.1, 0.15) is 6.33 Å². The number of likely N-dealkylation sites (N-methyl/N-ethyl adjacent to an activating group) is 1. The summed E-state index contributed by atoms with van der Waals surface area (Å²) in [6, 6.07) is 13.2. The number of ether oxygens (including phenoxy) is 2. The number of imidazole rings is 1. The molecule has 0 aliphatic carbocycles. The molecule has 1 amide bonds. The van der Waals surface area contributed by atoms with Crippen LogP contribution in [0.2, 0.25) is 0 Å². The maximum Gasteiger partial charge on any atom is 0.257 e. The maximum atomic E-state index is 11.5. The zero-order valence-corrected chi connectivity index (χ0v) is 14.7. The van der Waals surface area contributed by atoms with Crippen molar-refractivity contribution < 1.29 is 14.3 Å². The highest BCUT2D eigenvalue weighted by atomic mass is 16.5. The normalized spacial score (nSPS) is 11.0. The first-order chi connectivity index (χ1) is 12.7. The Hall–Kier alpha value is -3.35. The van der Waals surface area contributed by atoms with Gasteiger partial charge in [0, 0.05) is 6.54 Å². The number of amides is 1. The van der Waals surface area contributed by atoms with E-state index in [9.17, 15) is 4.79 Å². The summed E-state index contributed by atoms with van der Waals surface area (Å²) in [5.41, 5.74) is 2.65. The largest absolute Gasteiger partial charge is 0.493 e. The monoisotopic (exact) mass is 352 g/mol. The Labute approximate surface area is 151 Å². The molecule has 0 radical (unpaired) electrons. The van der Waals surface area contributed by atoms with Crippen molar-refractivity contribution in [3.8, 4) is 11.5 Å². The minimum atomic E-state index is -0.174. The van der Waals surface area contributed by atoms with Crippen molar-refractivity contribution in [1.82, 2.24) is 15.0 Å². The predicted molar refractivity (Wildman–Crippen MR) is 99.9 cm³/mol. The van der Waals surface area contributed by atoms with E-state index < -0.39 is 0 Å². The number of aromatic nitrogens is 2. The Morgan fingerprint density at radius 3 is 2.92 bits per heavy atom. The van der Waals surface area contributed by atoms with Crippen molar-refractivity contribution in [2.75, 3.05) is 20.3 Å². The maximum absolute atomic E-state index is 11.5. The first-order valence-electron chi connectivity index (χ1n) is 8.25. The third-order valence-corrected chi connectivity index (χ3v) is 3.69. The van der Waals surface area contributed by atoms with Gasteiger partial charge in [-0.25, -0.2) is 9.66 Å². The predicted octanol–water partition coefficient (Wildman–Crippen LogP) is 2.44. The van der Waals surface area contributed by atoms with Gasteiger partial charge in [-0.3, -0.25) is 4.79 Å². The van der Waals surface area contributed by atoms with Gasteiger partial charge < -0.3 is 14.8 Å². The molecule has 7 heteroatoms. The number of hydrogen-bond acceptors (Lipinski definition) is 5. The van der Waals surface area contributed by atoms with Crippen molar-refractivity contribution in [2.24, 2.45) is 5.10 Å². The highest BCUT2D eigenvalue weighted by molar-refractivity contribution is 5.82. The molecule has 26 heavy (non-hydrogen) atoms. The molecule has 0 aliphatic rings. The van der Waals surface area contributed by atoms with E-state index >= 15 is 0 Å². The highest BCUT2D eigenvalue weighted by Crippen LogP contribution is 2.27. The Morgan fingerprint density at radius 2 is 2.12 bits per heavy atom. The molecule has 3 rings (SSSR count). The number of hydrogen-bond donors (Lipinski definition) is 1. The zero-order chi connectivity index (χ0) is 18.4. The number of nitrogens with one attached hydrogen (secondary N) is 1. The Balaban J connectivity index is 1.75. The molecule has 0 atom stereocenters. The van der Waals surface area contributed by atoms with Gasteiger partial charge in [-0.1, -0.05) is 12.1 Å². The van der Waals surface area contributed by atoms with Crippen LogP contribution in [0.3, 0.4) is 0 Å². The van der Waals surface area contributed by atoms with E-state index in [0.29, 0.717) is 18.0 Å². The Morgan fingerprint density at radius 1 is 1.27 bits per heavy atom. The number of benzene rings is 2. The molecule has 0 saturated carbocycles. The molecular weight excluding hydrogens is 332 g/mol. The van der Waals surface area contributed by atoms with Crippen LogP contribution in [0.25, 0.3) is 11.0 Å². The van der Waals surface area contributed by atoms with Gasteiger partial charge in [0.15, 0.2) is 18.1 Å². The molecule has 2 aromatic carbocycles. The fourth-order valence-electron chi connectivity index (χ4n) is 2.44. The summed E-state index contributed by atoms with van der Waals surface area (Å²) < 4.78 is 12.6. The number of fused-ring (bicyclic) bond motifs is 1. The molecule has 1 aromatic heterocycles. The van der Waals surface area contributed by atoms with E-state index in [2.05, 4.69) is 15.4 Å². The molecule has 1 heterocycles. The van der Waals surface area contributed by atoms with Crippen LogP contribution in [-0.4, -0.2) is 42.0 Å². The molecule has 0 unspecified atom stereocenters. The Bertz CT molecular complexity index is 933. The van der Waals surface area contributed by atoms with Crippen LogP contribution in [0.15, 0.2) is 53.9 Å². The standard InChI is InChI=1S/C19H20N4O3/c1-3-20-19(24)12-26-17-9-8-14(10-18(17)25-2)11-22-23-13-21-15-6-4-5-7-16(15)23/h4-11,13H,3,12H2,1-2H3,(H,20,24)/b22-11-. The van der Waals surface area contributed by atoms with Crippen LogP contribution >= 0.6 is 0 Å². The van der Waals surface area contributed by atoms with Crippen LogP contribution in [0.4, 0.5) is 0 Å². The summed E-state index contributed by atoms with van der Waals surface area (Å²) in [5, 5.41) is 7.12. The third-order valence-electron chi connectivity index (χ3n) is 3.69. The summed E-state index contributed by atoms with van der Waals surface area (Å²) >= 11 is 0. The molecule has 7 nitrogen and oxygen atoms in total. The fraction of sp³-hybridized carbons (Fsp3) is 0.211. The van der Waals surface area contributed by atoms with E-state index in [1.807, 2.05) is 37.3 Å². The second-order valence-electron chi connectivity index (χ2n) is 5.47. The quantitative estimate of drug-likeness (QED) is 0.663. The van der Waals surface area contributed by atoms with E-state index in [-0.39, 0.29) is 12.5 Å². The lowest BCUT2D eigenvalue weighted by Crippen LogP contribution is -2.28. The number of carbonyl (C=O) groups is 1. The van der Waals surface area contributed by atoms with Gasteiger partial charge in [0.05, 0.1) is 24.4 Å². The highest BCUT2D eigenvalue weighted by Gasteiger charge is 2.08. The molecule has 0 aliphatic heterocycles. The topological polar surface area (TPSA) is 77.7 Å². The first kappa shape index (κ1) is 17.5. The zero-order valence-electron chi connectivity index (χ0n) is 14.7. The van der Waals surface area contributed by atoms with Crippen LogP contribution in [-0.2, 0) is 4.79 Å².